The van der Waals surface area contributed by atoms with Crippen molar-refractivity contribution in [2.75, 3.05) is 6.54 Å². The van der Waals surface area contributed by atoms with E-state index in [0.717, 1.165) is 36.6 Å². The molecule has 1 fully saturated rings. The van der Waals surface area contributed by atoms with Crippen molar-refractivity contribution in [2.45, 2.75) is 64.5 Å². The molecule has 1 aromatic carbocycles. The van der Waals surface area contributed by atoms with Crippen molar-refractivity contribution >= 4 is 5.91 Å². The summed E-state index contributed by atoms with van der Waals surface area (Å²) in [6.07, 6.45) is 7.26. The summed E-state index contributed by atoms with van der Waals surface area (Å²) < 4.78 is 3.86. The van der Waals surface area contributed by atoms with Gasteiger partial charge < -0.3 is 9.47 Å². The van der Waals surface area contributed by atoms with E-state index < -0.39 is 0 Å². The second kappa shape index (κ2) is 7.15. The van der Waals surface area contributed by atoms with E-state index in [-0.39, 0.29) is 23.1 Å². The Morgan fingerprint density at radius 1 is 1.12 bits per heavy atom. The minimum Gasteiger partial charge on any atom is -0.329 e. The van der Waals surface area contributed by atoms with E-state index in [1.165, 1.54) is 24.0 Å². The number of amides is 1. The van der Waals surface area contributed by atoms with Crippen LogP contribution < -0.4 is 5.56 Å². The van der Waals surface area contributed by atoms with Crippen molar-refractivity contribution in [3.05, 3.63) is 74.7 Å². The molecule has 3 heterocycles. The van der Waals surface area contributed by atoms with Crippen LogP contribution >= 0.6 is 0 Å². The molecule has 3 aliphatic rings. The molecule has 3 aromatic rings. The standard InChI is InChI=1S/C25H27N5O2/c1-15-11-12-29(20-8-4-6-17-5-3-7-19(17)20)25(32)22(15)24(31)28-13-16(2)30-21(14-28)26-27-23(30)18-9-10-18/h4,6,8,11-12,16,18H,3,5,7,9-10,13-14H2,1-2H3/t16-/m0/s1. The van der Waals surface area contributed by atoms with Crippen molar-refractivity contribution in [2.24, 2.45) is 0 Å². The van der Waals surface area contributed by atoms with E-state index >= 15 is 0 Å². The summed E-state index contributed by atoms with van der Waals surface area (Å²) in [7, 11) is 0. The fourth-order valence-electron chi connectivity index (χ4n) is 5.40. The number of nitrogens with zero attached hydrogens (tertiary/aromatic N) is 5. The molecule has 1 amide bonds. The van der Waals surface area contributed by atoms with Gasteiger partial charge in [-0.15, -0.1) is 10.2 Å². The number of benzene rings is 1. The lowest BCUT2D eigenvalue weighted by molar-refractivity contribution is 0.0676. The molecular formula is C25H27N5O2. The average molecular weight is 430 g/mol. The van der Waals surface area contributed by atoms with Crippen LogP contribution in [0, 0.1) is 6.92 Å². The number of carbonyl (C=O) groups excluding carboxylic acids is 1. The van der Waals surface area contributed by atoms with Gasteiger partial charge in [0.15, 0.2) is 5.82 Å². The van der Waals surface area contributed by atoms with Crippen LogP contribution in [0.2, 0.25) is 0 Å². The van der Waals surface area contributed by atoms with Crippen LogP contribution in [0.3, 0.4) is 0 Å². The molecule has 32 heavy (non-hydrogen) atoms. The van der Waals surface area contributed by atoms with Gasteiger partial charge in [-0.25, -0.2) is 0 Å². The molecule has 2 aliphatic carbocycles. The molecule has 1 aliphatic heterocycles. The second-order valence-electron chi connectivity index (χ2n) is 9.47. The van der Waals surface area contributed by atoms with Gasteiger partial charge in [-0.1, -0.05) is 12.1 Å². The highest BCUT2D eigenvalue weighted by Crippen LogP contribution is 2.41. The third-order valence-corrected chi connectivity index (χ3v) is 7.18. The Bertz CT molecular complexity index is 1300. The van der Waals surface area contributed by atoms with Crippen LogP contribution in [0.5, 0.6) is 0 Å². The lowest BCUT2D eigenvalue weighted by atomic mass is 10.1. The second-order valence-corrected chi connectivity index (χ2v) is 9.47. The highest BCUT2D eigenvalue weighted by Gasteiger charge is 2.36. The maximum atomic E-state index is 13.6. The Balaban J connectivity index is 1.37. The van der Waals surface area contributed by atoms with Crippen LogP contribution in [0.25, 0.3) is 5.69 Å². The highest BCUT2D eigenvalue weighted by molar-refractivity contribution is 5.95. The Morgan fingerprint density at radius 2 is 1.97 bits per heavy atom. The molecular weight excluding hydrogens is 402 g/mol. The molecule has 6 rings (SSSR count). The predicted octanol–water partition coefficient (Wildman–Crippen LogP) is 3.32. The van der Waals surface area contributed by atoms with E-state index in [2.05, 4.69) is 27.8 Å². The maximum Gasteiger partial charge on any atom is 0.268 e. The minimum absolute atomic E-state index is 0.0944. The zero-order valence-electron chi connectivity index (χ0n) is 18.5. The normalized spacial score (nSPS) is 19.7. The molecule has 2 aromatic heterocycles. The molecule has 1 saturated carbocycles. The fourth-order valence-corrected chi connectivity index (χ4v) is 5.40. The van der Waals surface area contributed by atoms with Crippen molar-refractivity contribution in [3.8, 4) is 5.69 Å². The highest BCUT2D eigenvalue weighted by atomic mass is 16.2. The van der Waals surface area contributed by atoms with E-state index in [1.54, 1.807) is 15.7 Å². The molecule has 0 spiro atoms. The van der Waals surface area contributed by atoms with Gasteiger partial charge in [-0.3, -0.25) is 14.2 Å². The van der Waals surface area contributed by atoms with Crippen molar-refractivity contribution < 1.29 is 4.79 Å². The summed E-state index contributed by atoms with van der Waals surface area (Å²) in [6.45, 7) is 4.88. The monoisotopic (exact) mass is 429 g/mol. The van der Waals surface area contributed by atoms with Crippen molar-refractivity contribution in [3.63, 3.8) is 0 Å². The fraction of sp³-hybridized carbons (Fsp3) is 0.440. The van der Waals surface area contributed by atoms with Crippen LogP contribution in [0.15, 0.2) is 35.3 Å². The van der Waals surface area contributed by atoms with Gasteiger partial charge in [0.25, 0.3) is 11.5 Å². The number of carbonyl (C=O) groups is 1. The van der Waals surface area contributed by atoms with E-state index in [1.807, 2.05) is 25.1 Å². The third kappa shape index (κ3) is 2.94. The Kier molecular flexibility index (Phi) is 4.35. The van der Waals surface area contributed by atoms with Gasteiger partial charge in [-0.2, -0.15) is 0 Å². The minimum atomic E-state index is -0.242. The van der Waals surface area contributed by atoms with Crippen LogP contribution in [-0.2, 0) is 19.4 Å². The molecule has 7 nitrogen and oxygen atoms in total. The smallest absolute Gasteiger partial charge is 0.268 e. The van der Waals surface area contributed by atoms with Crippen molar-refractivity contribution in [1.82, 2.24) is 24.2 Å². The molecule has 0 bridgehead atoms. The lowest BCUT2D eigenvalue weighted by Crippen LogP contribution is -2.43. The number of fused-ring (bicyclic) bond motifs is 2. The number of hydrogen-bond acceptors (Lipinski definition) is 4. The largest absolute Gasteiger partial charge is 0.329 e. The van der Waals surface area contributed by atoms with Gasteiger partial charge in [0, 0.05) is 18.7 Å². The topological polar surface area (TPSA) is 73.0 Å². The zero-order chi connectivity index (χ0) is 22.0. The number of aryl methyl sites for hydroxylation is 2. The Morgan fingerprint density at radius 3 is 2.78 bits per heavy atom. The first kappa shape index (κ1) is 19.5. The third-order valence-electron chi connectivity index (χ3n) is 7.18. The van der Waals surface area contributed by atoms with Gasteiger partial charge in [-0.05, 0) is 74.8 Å². The average Bonchev–Trinajstić information content (AvgIpc) is 3.34. The van der Waals surface area contributed by atoms with E-state index in [0.29, 0.717) is 24.6 Å². The number of rotatable bonds is 3. The quantitative estimate of drug-likeness (QED) is 0.640. The van der Waals surface area contributed by atoms with Crippen molar-refractivity contribution in [1.29, 1.82) is 0 Å². The molecule has 0 saturated heterocycles. The summed E-state index contributed by atoms with van der Waals surface area (Å²) in [5.74, 6) is 2.16. The molecule has 0 radical (unpaired) electrons. The Hall–Kier alpha value is -3.22. The van der Waals surface area contributed by atoms with Crippen LogP contribution in [0.4, 0.5) is 0 Å². The van der Waals surface area contributed by atoms with E-state index in [4.69, 9.17) is 0 Å². The van der Waals surface area contributed by atoms with Gasteiger partial charge in [0.2, 0.25) is 0 Å². The number of aromatic nitrogens is 4. The summed E-state index contributed by atoms with van der Waals surface area (Å²) in [5.41, 5.74) is 4.16. The first-order valence-electron chi connectivity index (χ1n) is 11.6. The number of pyridine rings is 1. The summed E-state index contributed by atoms with van der Waals surface area (Å²) in [4.78, 5) is 29.0. The number of hydrogen-bond donors (Lipinski definition) is 0. The van der Waals surface area contributed by atoms with Crippen LogP contribution in [-0.4, -0.2) is 36.7 Å². The molecule has 0 unspecified atom stereocenters. The van der Waals surface area contributed by atoms with Crippen LogP contribution in [0.1, 0.15) is 76.8 Å². The zero-order valence-corrected chi connectivity index (χ0v) is 18.5. The first-order chi connectivity index (χ1) is 15.5. The molecule has 1 atom stereocenters. The van der Waals surface area contributed by atoms with E-state index in [9.17, 15) is 9.59 Å². The summed E-state index contributed by atoms with van der Waals surface area (Å²) in [5, 5.41) is 8.79. The first-order valence-corrected chi connectivity index (χ1v) is 11.6. The molecule has 0 N–H and O–H groups in total. The lowest BCUT2D eigenvalue weighted by Gasteiger charge is -2.33. The molecule has 7 heteroatoms. The summed E-state index contributed by atoms with van der Waals surface area (Å²) >= 11 is 0. The Labute approximate surface area is 186 Å². The SMILES string of the molecule is Cc1ccn(-c2cccc3c2CCC3)c(=O)c1C(=O)N1Cc2nnc(C3CC3)n2[C@@H](C)C1. The molecule has 164 valence electrons. The summed E-state index contributed by atoms with van der Waals surface area (Å²) in [6, 6.07) is 8.10. The predicted molar refractivity (Wildman–Crippen MR) is 120 cm³/mol. The maximum absolute atomic E-state index is 13.6. The van der Waals surface area contributed by atoms with Gasteiger partial charge >= 0.3 is 0 Å². The van der Waals surface area contributed by atoms with Gasteiger partial charge in [0.05, 0.1) is 18.3 Å². The van der Waals surface area contributed by atoms with Gasteiger partial charge in [0.1, 0.15) is 11.4 Å².